The first-order valence-corrected chi connectivity index (χ1v) is 6.50. The molecule has 0 bridgehead atoms. The smallest absolute Gasteiger partial charge is 0.271 e. The van der Waals surface area contributed by atoms with Crippen LogP contribution in [0.2, 0.25) is 0 Å². The van der Waals surface area contributed by atoms with Crippen LogP contribution in [0.4, 0.5) is 10.1 Å². The number of primary amides is 1. The SMILES string of the molecule is NC(=O)c1n[nH]nc1-c1cc(F)ccc1N1CCOCC1. The minimum Gasteiger partial charge on any atom is -0.378 e. The number of ether oxygens (including phenoxy) is 1. The molecule has 2 aromatic rings. The van der Waals surface area contributed by atoms with Crippen LogP contribution in [-0.4, -0.2) is 47.6 Å². The van der Waals surface area contributed by atoms with Crippen LogP contribution in [0.15, 0.2) is 18.2 Å². The minimum absolute atomic E-state index is 0.00453. The number of halogens is 1. The van der Waals surface area contributed by atoms with Crippen LogP contribution in [0.5, 0.6) is 0 Å². The molecule has 0 aliphatic carbocycles. The van der Waals surface area contributed by atoms with E-state index < -0.39 is 11.7 Å². The second-order valence-corrected chi connectivity index (χ2v) is 4.65. The lowest BCUT2D eigenvalue weighted by molar-refractivity contribution is 0.0996. The van der Waals surface area contributed by atoms with Crippen molar-refractivity contribution in [1.29, 1.82) is 0 Å². The number of carbonyl (C=O) groups is 1. The molecule has 8 heteroatoms. The normalized spacial score (nSPS) is 15.2. The third-order valence-corrected chi connectivity index (χ3v) is 3.35. The lowest BCUT2D eigenvalue weighted by Crippen LogP contribution is -2.36. The Bertz CT molecular complexity index is 666. The second-order valence-electron chi connectivity index (χ2n) is 4.65. The largest absolute Gasteiger partial charge is 0.378 e. The topological polar surface area (TPSA) is 97.1 Å². The van der Waals surface area contributed by atoms with E-state index in [4.69, 9.17) is 10.5 Å². The number of nitrogens with zero attached hydrogens (tertiary/aromatic N) is 3. The summed E-state index contributed by atoms with van der Waals surface area (Å²) in [4.78, 5) is 13.5. The average Bonchev–Trinajstić information content (AvgIpc) is 2.97. The van der Waals surface area contributed by atoms with Crippen LogP contribution in [0.3, 0.4) is 0 Å². The molecule has 1 aromatic heterocycles. The van der Waals surface area contributed by atoms with E-state index in [0.717, 1.165) is 5.69 Å². The van der Waals surface area contributed by atoms with E-state index in [0.29, 0.717) is 31.9 Å². The number of aromatic nitrogens is 3. The number of aromatic amines is 1. The summed E-state index contributed by atoms with van der Waals surface area (Å²) in [5, 5.41) is 10.0. The quantitative estimate of drug-likeness (QED) is 0.860. The highest BCUT2D eigenvalue weighted by atomic mass is 19.1. The highest BCUT2D eigenvalue weighted by molar-refractivity contribution is 5.98. The fourth-order valence-corrected chi connectivity index (χ4v) is 2.37. The van der Waals surface area contributed by atoms with E-state index in [1.54, 1.807) is 6.07 Å². The van der Waals surface area contributed by atoms with Gasteiger partial charge in [-0.05, 0) is 18.2 Å². The fourth-order valence-electron chi connectivity index (χ4n) is 2.37. The maximum absolute atomic E-state index is 13.6. The first-order chi connectivity index (χ1) is 10.2. The number of hydrogen-bond donors (Lipinski definition) is 2. The Morgan fingerprint density at radius 2 is 2.10 bits per heavy atom. The van der Waals surface area contributed by atoms with Crippen LogP contribution < -0.4 is 10.6 Å². The molecule has 1 fully saturated rings. The summed E-state index contributed by atoms with van der Waals surface area (Å²) >= 11 is 0. The van der Waals surface area contributed by atoms with Gasteiger partial charge in [0, 0.05) is 24.3 Å². The number of H-pyrrole nitrogens is 1. The zero-order valence-corrected chi connectivity index (χ0v) is 11.2. The zero-order chi connectivity index (χ0) is 14.8. The highest BCUT2D eigenvalue weighted by Gasteiger charge is 2.22. The Kier molecular flexibility index (Phi) is 3.53. The summed E-state index contributed by atoms with van der Waals surface area (Å²) in [6.07, 6.45) is 0. The number of hydrogen-bond acceptors (Lipinski definition) is 5. The maximum atomic E-state index is 13.6. The van der Waals surface area contributed by atoms with Gasteiger partial charge in [0.1, 0.15) is 11.5 Å². The van der Waals surface area contributed by atoms with Crippen molar-refractivity contribution in [1.82, 2.24) is 15.4 Å². The van der Waals surface area contributed by atoms with Gasteiger partial charge in [-0.2, -0.15) is 15.4 Å². The lowest BCUT2D eigenvalue weighted by atomic mass is 10.1. The van der Waals surface area contributed by atoms with Crippen molar-refractivity contribution in [2.75, 3.05) is 31.2 Å². The van der Waals surface area contributed by atoms with E-state index in [1.807, 2.05) is 0 Å². The zero-order valence-electron chi connectivity index (χ0n) is 11.2. The molecule has 1 aliphatic heterocycles. The number of nitrogens with one attached hydrogen (secondary N) is 1. The summed E-state index contributed by atoms with van der Waals surface area (Å²) in [5.41, 5.74) is 6.78. The van der Waals surface area contributed by atoms with Gasteiger partial charge < -0.3 is 15.4 Å². The number of anilines is 1. The van der Waals surface area contributed by atoms with Crippen molar-refractivity contribution in [2.24, 2.45) is 5.73 Å². The number of benzene rings is 1. The summed E-state index contributed by atoms with van der Waals surface area (Å²) in [6.45, 7) is 2.56. The monoisotopic (exact) mass is 291 g/mol. The van der Waals surface area contributed by atoms with E-state index >= 15 is 0 Å². The highest BCUT2D eigenvalue weighted by Crippen LogP contribution is 2.32. The number of morpholine rings is 1. The van der Waals surface area contributed by atoms with E-state index in [1.165, 1.54) is 12.1 Å². The molecule has 3 N–H and O–H groups in total. The van der Waals surface area contributed by atoms with E-state index in [2.05, 4.69) is 20.3 Å². The molecule has 7 nitrogen and oxygen atoms in total. The molecule has 1 aliphatic rings. The van der Waals surface area contributed by atoms with Gasteiger partial charge in [-0.3, -0.25) is 4.79 Å². The molecule has 1 amide bonds. The Morgan fingerprint density at radius 1 is 1.33 bits per heavy atom. The molecule has 0 unspecified atom stereocenters. The van der Waals surface area contributed by atoms with Gasteiger partial charge >= 0.3 is 0 Å². The molecule has 110 valence electrons. The Balaban J connectivity index is 2.09. The molecule has 0 saturated carbocycles. The predicted molar refractivity (Wildman–Crippen MR) is 73.3 cm³/mol. The van der Waals surface area contributed by atoms with Gasteiger partial charge in [0.05, 0.1) is 13.2 Å². The van der Waals surface area contributed by atoms with Crippen LogP contribution in [0.1, 0.15) is 10.5 Å². The summed E-state index contributed by atoms with van der Waals surface area (Å²) < 4.78 is 18.9. The third-order valence-electron chi connectivity index (χ3n) is 3.35. The van der Waals surface area contributed by atoms with Gasteiger partial charge in [-0.1, -0.05) is 0 Å². The molecule has 2 heterocycles. The molecular weight excluding hydrogens is 277 g/mol. The van der Waals surface area contributed by atoms with Gasteiger partial charge in [-0.15, -0.1) is 0 Å². The molecule has 21 heavy (non-hydrogen) atoms. The average molecular weight is 291 g/mol. The summed E-state index contributed by atoms with van der Waals surface area (Å²) in [7, 11) is 0. The van der Waals surface area contributed by atoms with Crippen LogP contribution in [0.25, 0.3) is 11.3 Å². The van der Waals surface area contributed by atoms with Gasteiger partial charge in [0.15, 0.2) is 5.69 Å². The number of amides is 1. The van der Waals surface area contributed by atoms with Gasteiger partial charge in [0.25, 0.3) is 5.91 Å². The van der Waals surface area contributed by atoms with E-state index in [-0.39, 0.29) is 11.4 Å². The molecule has 1 saturated heterocycles. The van der Waals surface area contributed by atoms with Crippen molar-refractivity contribution in [3.63, 3.8) is 0 Å². The number of nitrogens with two attached hydrogens (primary N) is 1. The van der Waals surface area contributed by atoms with Crippen LogP contribution in [-0.2, 0) is 4.74 Å². The Hall–Kier alpha value is -2.48. The first-order valence-electron chi connectivity index (χ1n) is 6.50. The summed E-state index contributed by atoms with van der Waals surface area (Å²) in [5.74, 6) is -1.13. The van der Waals surface area contributed by atoms with Crippen LogP contribution in [0, 0.1) is 5.82 Å². The van der Waals surface area contributed by atoms with Crippen molar-refractivity contribution >= 4 is 11.6 Å². The molecule has 0 radical (unpaired) electrons. The lowest BCUT2D eigenvalue weighted by Gasteiger charge is -2.30. The second kappa shape index (κ2) is 5.49. The standard InChI is InChI=1S/C13H14FN5O2/c14-8-1-2-10(19-3-5-21-6-4-19)9(7-8)11-12(13(15)20)17-18-16-11/h1-2,7H,3-6H2,(H2,15,20)(H,16,17,18). The minimum atomic E-state index is -0.712. The summed E-state index contributed by atoms with van der Waals surface area (Å²) in [6, 6.07) is 4.36. The molecule has 0 spiro atoms. The molecule has 3 rings (SSSR count). The van der Waals surface area contributed by atoms with Crippen molar-refractivity contribution in [2.45, 2.75) is 0 Å². The first kappa shape index (κ1) is 13.5. The molecule has 1 aromatic carbocycles. The van der Waals surface area contributed by atoms with Crippen molar-refractivity contribution in [3.8, 4) is 11.3 Å². The van der Waals surface area contributed by atoms with Crippen molar-refractivity contribution in [3.05, 3.63) is 29.7 Å². The molecular formula is C13H14FN5O2. The predicted octanol–water partition coefficient (Wildman–Crippen LogP) is 0.546. The number of carbonyl (C=O) groups excluding carboxylic acids is 1. The Morgan fingerprint density at radius 3 is 2.81 bits per heavy atom. The third kappa shape index (κ3) is 2.57. The maximum Gasteiger partial charge on any atom is 0.271 e. The Labute approximate surface area is 119 Å². The van der Waals surface area contributed by atoms with Gasteiger partial charge in [-0.25, -0.2) is 4.39 Å². The van der Waals surface area contributed by atoms with E-state index in [9.17, 15) is 9.18 Å². The van der Waals surface area contributed by atoms with Crippen molar-refractivity contribution < 1.29 is 13.9 Å². The van der Waals surface area contributed by atoms with Crippen LogP contribution >= 0.6 is 0 Å². The number of rotatable bonds is 3. The molecule has 0 atom stereocenters. The van der Waals surface area contributed by atoms with Gasteiger partial charge in [0.2, 0.25) is 0 Å². The fraction of sp³-hybridized carbons (Fsp3) is 0.308.